The van der Waals surface area contributed by atoms with Crippen LogP contribution in [0.25, 0.3) is 0 Å². The average Bonchev–Trinajstić information content (AvgIpc) is 3.04. The Labute approximate surface area is 146 Å². The van der Waals surface area contributed by atoms with E-state index in [1.165, 1.54) is 11.2 Å². The Morgan fingerprint density at radius 1 is 1.50 bits per heavy atom. The van der Waals surface area contributed by atoms with Crippen LogP contribution in [-0.4, -0.2) is 39.3 Å². The van der Waals surface area contributed by atoms with Crippen molar-refractivity contribution >= 4 is 23.5 Å². The number of halogens is 1. The Morgan fingerprint density at radius 2 is 2.17 bits per heavy atom. The van der Waals surface area contributed by atoms with Gasteiger partial charge in [-0.05, 0) is 24.7 Å². The number of hydrogen-bond donors (Lipinski definition) is 1. The summed E-state index contributed by atoms with van der Waals surface area (Å²) in [5, 5.41) is 21.8. The van der Waals surface area contributed by atoms with Crippen LogP contribution in [0.5, 0.6) is 0 Å². The van der Waals surface area contributed by atoms with E-state index in [9.17, 15) is 9.90 Å². The third-order valence-corrected chi connectivity index (χ3v) is 4.29. The van der Waals surface area contributed by atoms with Crippen LogP contribution in [0.1, 0.15) is 45.4 Å². The Morgan fingerprint density at radius 3 is 2.71 bits per heavy atom. The summed E-state index contributed by atoms with van der Waals surface area (Å²) in [7, 11) is 0. The highest BCUT2D eigenvalue weighted by Crippen LogP contribution is 2.30. The molecule has 1 saturated carbocycles. The second-order valence-corrected chi connectivity index (χ2v) is 6.88. The third-order valence-electron chi connectivity index (χ3n) is 4.03. The fourth-order valence-corrected chi connectivity index (χ4v) is 3.14. The molecule has 0 atom stereocenters. The van der Waals surface area contributed by atoms with Crippen molar-refractivity contribution in [2.24, 2.45) is 11.8 Å². The molecule has 1 amide bonds. The summed E-state index contributed by atoms with van der Waals surface area (Å²) in [6.45, 7) is 4.74. The quantitative estimate of drug-likeness (QED) is 0.788. The Balaban J connectivity index is 2.40. The van der Waals surface area contributed by atoms with Gasteiger partial charge in [0.2, 0.25) is 5.82 Å². The van der Waals surface area contributed by atoms with Gasteiger partial charge in [-0.1, -0.05) is 38.3 Å². The lowest BCUT2D eigenvalue weighted by Gasteiger charge is -2.36. The van der Waals surface area contributed by atoms with Crippen molar-refractivity contribution in [3.63, 3.8) is 0 Å². The molecule has 8 heteroatoms. The van der Waals surface area contributed by atoms with E-state index in [1.807, 2.05) is 19.9 Å². The second kappa shape index (κ2) is 8.15. The van der Waals surface area contributed by atoms with Crippen molar-refractivity contribution in [1.29, 1.82) is 5.26 Å². The summed E-state index contributed by atoms with van der Waals surface area (Å²) in [5.41, 5.74) is 0. The predicted octanol–water partition coefficient (Wildman–Crippen LogP) is 3.55. The van der Waals surface area contributed by atoms with E-state index in [0.717, 1.165) is 25.7 Å². The van der Waals surface area contributed by atoms with Gasteiger partial charge in [0.1, 0.15) is 11.1 Å². The summed E-state index contributed by atoms with van der Waals surface area (Å²) in [6, 6.07) is 1.88. The summed E-state index contributed by atoms with van der Waals surface area (Å²) < 4.78 is 0. The molecule has 1 N–H and O–H groups in total. The van der Waals surface area contributed by atoms with Crippen molar-refractivity contribution in [3.05, 3.63) is 17.0 Å². The monoisotopic (exact) mass is 351 g/mol. The first kappa shape index (κ1) is 18.3. The lowest BCUT2D eigenvalue weighted by atomic mass is 10.1. The maximum absolute atomic E-state index is 11.8. The number of anilines is 1. The van der Waals surface area contributed by atoms with Crippen LogP contribution in [0.3, 0.4) is 0 Å². The number of aromatic nitrogens is 2. The molecule has 130 valence electrons. The van der Waals surface area contributed by atoms with Crippen LogP contribution in [0, 0.1) is 23.2 Å². The van der Waals surface area contributed by atoms with E-state index in [1.54, 1.807) is 5.01 Å². The van der Waals surface area contributed by atoms with Crippen molar-refractivity contribution in [2.75, 3.05) is 18.1 Å². The number of amides is 1. The molecule has 0 spiro atoms. The Kier molecular flexibility index (Phi) is 6.21. The van der Waals surface area contributed by atoms with Gasteiger partial charge in [-0.25, -0.2) is 14.8 Å². The highest BCUT2D eigenvalue weighted by atomic mass is 35.5. The predicted molar refractivity (Wildman–Crippen MR) is 90.6 cm³/mol. The minimum absolute atomic E-state index is 0.0271. The molecule has 0 aliphatic heterocycles. The van der Waals surface area contributed by atoms with Crippen molar-refractivity contribution in [3.8, 4) is 6.07 Å². The van der Waals surface area contributed by atoms with Gasteiger partial charge in [0.05, 0.1) is 6.20 Å². The summed E-state index contributed by atoms with van der Waals surface area (Å²) >= 11 is 6.22. The number of carbonyl (C=O) groups is 1. The molecule has 0 radical (unpaired) electrons. The first-order valence-electron chi connectivity index (χ1n) is 8.13. The van der Waals surface area contributed by atoms with Crippen LogP contribution in [0.4, 0.5) is 10.6 Å². The lowest BCUT2D eigenvalue weighted by Crippen LogP contribution is -2.50. The maximum atomic E-state index is 11.8. The molecule has 0 unspecified atom stereocenters. The molecule has 1 aliphatic rings. The standard InChI is InChI=1S/C16H22ClN5O2/c1-11(2)9-22(16(23)24)21(10-12-5-3-4-6-12)15-13(17)8-19-14(7-18)20-15/h8,11-12H,3-6,9-10H2,1-2H3,(H,23,24). The molecule has 1 fully saturated rings. The molecule has 0 saturated heterocycles. The maximum Gasteiger partial charge on any atom is 0.426 e. The van der Waals surface area contributed by atoms with Crippen molar-refractivity contribution in [2.45, 2.75) is 39.5 Å². The summed E-state index contributed by atoms with van der Waals surface area (Å²) in [4.78, 5) is 19.8. The van der Waals surface area contributed by atoms with Gasteiger partial charge in [-0.3, -0.25) is 5.01 Å². The van der Waals surface area contributed by atoms with Crippen molar-refractivity contribution in [1.82, 2.24) is 15.0 Å². The van der Waals surface area contributed by atoms with E-state index >= 15 is 0 Å². The van der Waals surface area contributed by atoms with Gasteiger partial charge >= 0.3 is 6.09 Å². The molecule has 0 bridgehead atoms. The summed E-state index contributed by atoms with van der Waals surface area (Å²) in [5.74, 6) is 0.776. The van der Waals surface area contributed by atoms with Gasteiger partial charge in [-0.2, -0.15) is 10.2 Å². The zero-order valence-electron chi connectivity index (χ0n) is 13.9. The smallest absolute Gasteiger partial charge is 0.426 e. The van der Waals surface area contributed by atoms with Gasteiger partial charge in [0.15, 0.2) is 5.82 Å². The highest BCUT2D eigenvalue weighted by molar-refractivity contribution is 6.32. The van der Waals surface area contributed by atoms with Gasteiger partial charge in [-0.15, -0.1) is 0 Å². The third kappa shape index (κ3) is 4.48. The molecule has 24 heavy (non-hydrogen) atoms. The highest BCUT2D eigenvalue weighted by Gasteiger charge is 2.29. The van der Waals surface area contributed by atoms with Gasteiger partial charge < -0.3 is 5.11 Å². The summed E-state index contributed by atoms with van der Waals surface area (Å²) in [6.07, 6.45) is 4.70. The normalized spacial score (nSPS) is 14.6. The van der Waals surface area contributed by atoms with Crippen LogP contribution >= 0.6 is 11.6 Å². The molecule has 1 heterocycles. The second-order valence-electron chi connectivity index (χ2n) is 6.47. The van der Waals surface area contributed by atoms with Crippen LogP contribution < -0.4 is 5.01 Å². The lowest BCUT2D eigenvalue weighted by molar-refractivity contribution is 0.130. The zero-order chi connectivity index (χ0) is 17.7. The van der Waals surface area contributed by atoms with Crippen molar-refractivity contribution < 1.29 is 9.90 Å². The Hall–Kier alpha value is -2.07. The minimum Gasteiger partial charge on any atom is -0.464 e. The average molecular weight is 352 g/mol. The fraction of sp³-hybridized carbons (Fsp3) is 0.625. The van der Waals surface area contributed by atoms with Gasteiger partial charge in [0, 0.05) is 13.1 Å². The number of hydrazine groups is 1. The van der Waals surface area contributed by atoms with E-state index in [0.29, 0.717) is 19.0 Å². The van der Waals surface area contributed by atoms with E-state index in [4.69, 9.17) is 16.9 Å². The SMILES string of the molecule is CC(C)CN(C(=O)O)N(CC1CCCC1)c1nc(C#N)ncc1Cl. The number of nitriles is 1. The van der Waals surface area contributed by atoms with Crippen LogP contribution in [0.15, 0.2) is 6.20 Å². The number of carboxylic acid groups (broad SMARTS) is 1. The first-order valence-corrected chi connectivity index (χ1v) is 8.50. The largest absolute Gasteiger partial charge is 0.464 e. The topological polar surface area (TPSA) is 93.4 Å². The Bertz CT molecular complexity index is 625. The van der Waals surface area contributed by atoms with Crippen LogP contribution in [-0.2, 0) is 0 Å². The van der Waals surface area contributed by atoms with E-state index in [2.05, 4.69) is 9.97 Å². The number of hydrogen-bond acceptors (Lipinski definition) is 5. The number of rotatable bonds is 6. The molecular weight excluding hydrogens is 330 g/mol. The molecule has 0 aromatic carbocycles. The molecule has 1 aromatic rings. The number of nitrogens with zero attached hydrogens (tertiary/aromatic N) is 5. The molecule has 1 aromatic heterocycles. The van der Waals surface area contributed by atoms with E-state index in [-0.39, 0.29) is 22.6 Å². The molecule has 1 aliphatic carbocycles. The fourth-order valence-electron chi connectivity index (χ4n) is 2.96. The van der Waals surface area contributed by atoms with E-state index < -0.39 is 6.09 Å². The first-order chi connectivity index (χ1) is 11.4. The molecule has 7 nitrogen and oxygen atoms in total. The molecule has 2 rings (SSSR count). The zero-order valence-corrected chi connectivity index (χ0v) is 14.7. The minimum atomic E-state index is -1.06. The van der Waals surface area contributed by atoms with Crippen LogP contribution in [0.2, 0.25) is 5.02 Å². The van der Waals surface area contributed by atoms with Gasteiger partial charge in [0.25, 0.3) is 0 Å². The molecular formula is C16H22ClN5O2.